The summed E-state index contributed by atoms with van der Waals surface area (Å²) in [4.78, 5) is 1.04. The van der Waals surface area contributed by atoms with E-state index in [1.54, 1.807) is 6.07 Å². The van der Waals surface area contributed by atoms with Gasteiger partial charge in [-0.05, 0) is 30.9 Å². The highest BCUT2D eigenvalue weighted by atomic mass is 32.2. The van der Waals surface area contributed by atoms with Gasteiger partial charge in [0.2, 0.25) is 10.0 Å². The summed E-state index contributed by atoms with van der Waals surface area (Å²) in [5, 5.41) is 3.29. The van der Waals surface area contributed by atoms with Crippen LogP contribution in [-0.2, 0) is 16.6 Å². The molecular weight excluding hydrogens is 292 g/mol. The van der Waals surface area contributed by atoms with E-state index in [1.165, 1.54) is 11.3 Å². The molecule has 0 bridgehead atoms. The van der Waals surface area contributed by atoms with Gasteiger partial charge in [-0.2, -0.15) is 0 Å². The summed E-state index contributed by atoms with van der Waals surface area (Å²) >= 11 is 1.33. The van der Waals surface area contributed by atoms with E-state index in [1.807, 2.05) is 6.07 Å². The maximum atomic E-state index is 12.1. The second kappa shape index (κ2) is 8.12. The molecule has 1 aromatic rings. The van der Waals surface area contributed by atoms with Gasteiger partial charge in [0.25, 0.3) is 0 Å². The maximum Gasteiger partial charge on any atom is 0.250 e. The monoisotopic (exact) mass is 318 g/mol. The Bertz CT molecular complexity index is 493. The SMILES string of the molecule is CC(C)CCCNS(=O)(=O)c1ccc(CNC(C)C)s1. The fraction of sp³-hybridized carbons (Fsp3) is 0.714. The van der Waals surface area contributed by atoms with Gasteiger partial charge in [-0.25, -0.2) is 13.1 Å². The van der Waals surface area contributed by atoms with E-state index < -0.39 is 10.0 Å². The van der Waals surface area contributed by atoms with Crippen LogP contribution in [0.3, 0.4) is 0 Å². The zero-order chi connectivity index (χ0) is 15.2. The van der Waals surface area contributed by atoms with Crippen molar-refractivity contribution in [2.24, 2.45) is 5.92 Å². The number of nitrogens with one attached hydrogen (secondary N) is 2. The van der Waals surface area contributed by atoms with Crippen LogP contribution < -0.4 is 10.0 Å². The smallest absolute Gasteiger partial charge is 0.250 e. The second-order valence-electron chi connectivity index (χ2n) is 5.69. The molecule has 0 amide bonds. The zero-order valence-electron chi connectivity index (χ0n) is 12.8. The molecule has 20 heavy (non-hydrogen) atoms. The molecule has 0 atom stereocenters. The Balaban J connectivity index is 2.51. The van der Waals surface area contributed by atoms with E-state index >= 15 is 0 Å². The highest BCUT2D eigenvalue weighted by Gasteiger charge is 2.16. The highest BCUT2D eigenvalue weighted by Crippen LogP contribution is 2.21. The summed E-state index contributed by atoms with van der Waals surface area (Å²) in [7, 11) is -3.34. The molecule has 0 saturated heterocycles. The lowest BCUT2D eigenvalue weighted by atomic mass is 10.1. The minimum absolute atomic E-state index is 0.395. The van der Waals surface area contributed by atoms with E-state index in [4.69, 9.17) is 0 Å². The highest BCUT2D eigenvalue weighted by molar-refractivity contribution is 7.91. The van der Waals surface area contributed by atoms with E-state index in [0.717, 1.165) is 17.7 Å². The zero-order valence-corrected chi connectivity index (χ0v) is 14.4. The molecule has 0 aromatic carbocycles. The van der Waals surface area contributed by atoms with Crippen molar-refractivity contribution in [1.82, 2.24) is 10.0 Å². The van der Waals surface area contributed by atoms with Crippen LogP contribution in [0.2, 0.25) is 0 Å². The normalized spacial score (nSPS) is 12.5. The van der Waals surface area contributed by atoms with Crippen LogP contribution in [0.5, 0.6) is 0 Å². The predicted octanol–water partition coefficient (Wildman–Crippen LogP) is 2.96. The van der Waals surface area contributed by atoms with E-state index in [0.29, 0.717) is 29.3 Å². The Kier molecular flexibility index (Phi) is 7.15. The molecule has 0 aliphatic rings. The number of sulfonamides is 1. The Morgan fingerprint density at radius 3 is 2.50 bits per heavy atom. The third-order valence-electron chi connectivity index (χ3n) is 2.84. The third kappa shape index (κ3) is 6.35. The first-order valence-electron chi connectivity index (χ1n) is 7.13. The van der Waals surface area contributed by atoms with E-state index in [9.17, 15) is 8.42 Å². The molecular formula is C14H26N2O2S2. The fourth-order valence-corrected chi connectivity index (χ4v) is 4.12. The van der Waals surface area contributed by atoms with Crippen LogP contribution in [0.1, 0.15) is 45.4 Å². The van der Waals surface area contributed by atoms with Crippen molar-refractivity contribution in [2.45, 2.75) is 57.3 Å². The van der Waals surface area contributed by atoms with Gasteiger partial charge in [0.05, 0.1) is 0 Å². The Labute approximate surface area is 127 Å². The van der Waals surface area contributed by atoms with Crippen LogP contribution >= 0.6 is 11.3 Å². The summed E-state index contributed by atoms with van der Waals surface area (Å²) < 4.78 is 27.3. The fourth-order valence-electron chi connectivity index (χ4n) is 1.69. The van der Waals surface area contributed by atoms with Crippen molar-refractivity contribution in [3.63, 3.8) is 0 Å². The van der Waals surface area contributed by atoms with Crippen molar-refractivity contribution < 1.29 is 8.42 Å². The van der Waals surface area contributed by atoms with Gasteiger partial charge in [0.15, 0.2) is 0 Å². The first kappa shape index (κ1) is 17.6. The van der Waals surface area contributed by atoms with Crippen molar-refractivity contribution in [3.05, 3.63) is 17.0 Å². The van der Waals surface area contributed by atoms with Gasteiger partial charge >= 0.3 is 0 Å². The Hall–Kier alpha value is -0.430. The van der Waals surface area contributed by atoms with Crippen LogP contribution in [0.15, 0.2) is 16.3 Å². The summed E-state index contributed by atoms with van der Waals surface area (Å²) in [5.74, 6) is 0.606. The molecule has 4 nitrogen and oxygen atoms in total. The largest absolute Gasteiger partial charge is 0.310 e. The topological polar surface area (TPSA) is 58.2 Å². The molecule has 1 heterocycles. The minimum Gasteiger partial charge on any atom is -0.310 e. The van der Waals surface area contributed by atoms with Crippen molar-refractivity contribution >= 4 is 21.4 Å². The molecule has 0 fully saturated rings. The first-order valence-corrected chi connectivity index (χ1v) is 9.43. The molecule has 0 aliphatic carbocycles. The van der Waals surface area contributed by atoms with Crippen molar-refractivity contribution in [1.29, 1.82) is 0 Å². The molecule has 0 unspecified atom stereocenters. The standard InChI is InChI=1S/C14H26N2O2S2/c1-11(2)6-5-9-16-20(17,18)14-8-7-13(19-14)10-15-12(3)4/h7-8,11-12,15-16H,5-6,9-10H2,1-4H3. The molecule has 116 valence electrons. The van der Waals surface area contributed by atoms with Crippen LogP contribution in [-0.4, -0.2) is 21.0 Å². The Morgan fingerprint density at radius 2 is 1.90 bits per heavy atom. The molecule has 2 N–H and O–H groups in total. The van der Waals surface area contributed by atoms with Crippen LogP contribution in [0.25, 0.3) is 0 Å². The lowest BCUT2D eigenvalue weighted by Crippen LogP contribution is -2.24. The quantitative estimate of drug-likeness (QED) is 0.688. The molecule has 0 radical (unpaired) electrons. The lowest BCUT2D eigenvalue weighted by molar-refractivity contribution is 0.540. The minimum atomic E-state index is -3.34. The van der Waals surface area contributed by atoms with E-state index in [-0.39, 0.29) is 0 Å². The molecule has 1 aromatic heterocycles. The van der Waals surface area contributed by atoms with E-state index in [2.05, 4.69) is 37.7 Å². The number of rotatable bonds is 9. The number of hydrogen-bond donors (Lipinski definition) is 2. The summed E-state index contributed by atoms with van der Waals surface area (Å²) in [6.07, 6.45) is 1.92. The van der Waals surface area contributed by atoms with Gasteiger partial charge in [0.1, 0.15) is 4.21 Å². The summed E-state index contributed by atoms with van der Waals surface area (Å²) in [6, 6.07) is 3.96. The van der Waals surface area contributed by atoms with Gasteiger partial charge < -0.3 is 5.32 Å². The predicted molar refractivity (Wildman–Crippen MR) is 85.6 cm³/mol. The van der Waals surface area contributed by atoms with Gasteiger partial charge in [-0.3, -0.25) is 0 Å². The second-order valence-corrected chi connectivity index (χ2v) is 8.85. The average Bonchev–Trinajstić information content (AvgIpc) is 2.81. The first-order chi connectivity index (χ1) is 9.31. The Morgan fingerprint density at radius 1 is 1.20 bits per heavy atom. The molecule has 0 saturated carbocycles. The van der Waals surface area contributed by atoms with Gasteiger partial charge in [-0.15, -0.1) is 11.3 Å². The maximum absolute atomic E-state index is 12.1. The molecule has 6 heteroatoms. The van der Waals surface area contributed by atoms with Crippen molar-refractivity contribution in [3.8, 4) is 0 Å². The van der Waals surface area contributed by atoms with Gasteiger partial charge in [-0.1, -0.05) is 27.7 Å². The number of thiophene rings is 1. The van der Waals surface area contributed by atoms with Crippen molar-refractivity contribution in [2.75, 3.05) is 6.54 Å². The van der Waals surface area contributed by atoms with Gasteiger partial charge in [0, 0.05) is 24.0 Å². The van der Waals surface area contributed by atoms with Crippen LogP contribution in [0.4, 0.5) is 0 Å². The summed E-state index contributed by atoms with van der Waals surface area (Å²) in [5.41, 5.74) is 0. The molecule has 0 aliphatic heterocycles. The molecule has 0 spiro atoms. The molecule has 1 rings (SSSR count). The third-order valence-corrected chi connectivity index (χ3v) is 5.87. The van der Waals surface area contributed by atoms with Crippen LogP contribution in [0, 0.1) is 5.92 Å². The average molecular weight is 319 g/mol. The summed E-state index contributed by atoms with van der Waals surface area (Å²) in [6.45, 7) is 9.65. The number of hydrogen-bond acceptors (Lipinski definition) is 4. The lowest BCUT2D eigenvalue weighted by Gasteiger charge is -2.07.